The number of carboxylic acids is 1. The molecule has 2 fully saturated rings. The second-order valence-electron chi connectivity index (χ2n) is 15.4. The fourth-order valence-corrected chi connectivity index (χ4v) is 6.17. The third kappa shape index (κ3) is 6.62. The summed E-state index contributed by atoms with van der Waals surface area (Å²) in [4.78, 5) is 46.8. The van der Waals surface area contributed by atoms with Crippen LogP contribution in [0.15, 0.2) is 16.5 Å². The van der Waals surface area contributed by atoms with Gasteiger partial charge in [-0.25, -0.2) is 4.98 Å². The molecule has 1 N–H and O–H groups in total. The number of carboxylic acid groups (broad SMARTS) is 1. The first-order valence-corrected chi connectivity index (χ1v) is 15.1. The first-order chi connectivity index (χ1) is 18.8. The van der Waals surface area contributed by atoms with E-state index in [1.54, 1.807) is 29.7 Å². The number of carbonyl (C=O) groups excluding carboxylic acids is 2. The van der Waals surface area contributed by atoms with Gasteiger partial charge in [-0.15, -0.1) is 0 Å². The van der Waals surface area contributed by atoms with Crippen LogP contribution in [0, 0.1) is 10.8 Å². The third-order valence-corrected chi connectivity index (χ3v) is 9.32. The molecule has 226 valence electrons. The van der Waals surface area contributed by atoms with E-state index in [0.29, 0.717) is 36.6 Å². The van der Waals surface area contributed by atoms with Crippen LogP contribution in [0.25, 0.3) is 11.1 Å². The number of piperazine rings is 1. The molecule has 0 spiro atoms. The smallest absolute Gasteiger partial charge is 0.309 e. The molecular formula is C33H49N3O5. The monoisotopic (exact) mass is 567 g/mol. The van der Waals surface area contributed by atoms with Crippen molar-refractivity contribution in [3.8, 4) is 0 Å². The Bertz CT molecular complexity index is 1320. The van der Waals surface area contributed by atoms with Gasteiger partial charge in [0.25, 0.3) is 5.91 Å². The largest absolute Gasteiger partial charge is 0.481 e. The van der Waals surface area contributed by atoms with Crippen molar-refractivity contribution >= 4 is 28.9 Å². The highest BCUT2D eigenvalue weighted by Gasteiger charge is 2.40. The molecule has 0 radical (unpaired) electrons. The highest BCUT2D eigenvalue weighted by Crippen LogP contribution is 2.43. The van der Waals surface area contributed by atoms with E-state index in [1.165, 1.54) is 12.8 Å². The van der Waals surface area contributed by atoms with Crippen LogP contribution in [0.3, 0.4) is 0 Å². The van der Waals surface area contributed by atoms with E-state index in [1.807, 2.05) is 13.8 Å². The van der Waals surface area contributed by atoms with Crippen LogP contribution in [-0.4, -0.2) is 62.8 Å². The molecule has 3 heterocycles. The van der Waals surface area contributed by atoms with Crippen LogP contribution in [0.4, 0.5) is 0 Å². The number of nitrogens with zero attached hydrogens (tertiary/aromatic N) is 3. The summed E-state index contributed by atoms with van der Waals surface area (Å²) >= 11 is 0. The maximum absolute atomic E-state index is 13.8. The summed E-state index contributed by atoms with van der Waals surface area (Å²) in [5.74, 6) is -0.510. The SMILES string of the molecule is CC1(C)CCC(c2cc(C(C)(C)C)c3oc(C(=O)N4CCN(C(=O)CCC(C)(C)C(=O)O)CC4(C)C)cc3n2)CC1. The van der Waals surface area contributed by atoms with Crippen LogP contribution >= 0.6 is 0 Å². The summed E-state index contributed by atoms with van der Waals surface area (Å²) < 4.78 is 6.29. The van der Waals surface area contributed by atoms with Gasteiger partial charge < -0.3 is 19.3 Å². The number of pyridine rings is 1. The lowest BCUT2D eigenvalue weighted by atomic mass is 9.72. The van der Waals surface area contributed by atoms with Crippen LogP contribution in [0.2, 0.25) is 0 Å². The van der Waals surface area contributed by atoms with E-state index >= 15 is 0 Å². The zero-order valence-electron chi connectivity index (χ0n) is 26.5. The summed E-state index contributed by atoms with van der Waals surface area (Å²) in [7, 11) is 0. The molecule has 41 heavy (non-hydrogen) atoms. The molecule has 1 saturated carbocycles. The van der Waals surface area contributed by atoms with E-state index in [4.69, 9.17) is 9.40 Å². The predicted molar refractivity (Wildman–Crippen MR) is 160 cm³/mol. The third-order valence-electron chi connectivity index (χ3n) is 9.32. The molecular weight excluding hydrogens is 518 g/mol. The Kier molecular flexibility index (Phi) is 8.13. The fraction of sp³-hybridized carbons (Fsp3) is 0.697. The Balaban J connectivity index is 1.55. The molecule has 1 aliphatic heterocycles. The number of fused-ring (bicyclic) bond motifs is 1. The van der Waals surface area contributed by atoms with Crippen molar-refractivity contribution in [2.24, 2.45) is 10.8 Å². The fourth-order valence-electron chi connectivity index (χ4n) is 6.17. The van der Waals surface area contributed by atoms with Crippen molar-refractivity contribution in [1.82, 2.24) is 14.8 Å². The Labute approximate surface area is 244 Å². The van der Waals surface area contributed by atoms with Crippen LogP contribution in [0.5, 0.6) is 0 Å². The van der Waals surface area contributed by atoms with Gasteiger partial charge in [0.15, 0.2) is 11.3 Å². The molecule has 0 aromatic carbocycles. The zero-order valence-corrected chi connectivity index (χ0v) is 26.5. The number of hydrogen-bond donors (Lipinski definition) is 1. The van der Waals surface area contributed by atoms with Gasteiger partial charge in [0.1, 0.15) is 5.52 Å². The quantitative estimate of drug-likeness (QED) is 0.413. The summed E-state index contributed by atoms with van der Waals surface area (Å²) in [6, 6.07) is 3.99. The lowest BCUT2D eigenvalue weighted by molar-refractivity contribution is -0.148. The van der Waals surface area contributed by atoms with Crippen molar-refractivity contribution in [3.05, 3.63) is 29.2 Å². The molecule has 0 atom stereocenters. The molecule has 2 aliphatic rings. The van der Waals surface area contributed by atoms with E-state index < -0.39 is 16.9 Å². The van der Waals surface area contributed by atoms with E-state index in [-0.39, 0.29) is 35.8 Å². The van der Waals surface area contributed by atoms with Crippen molar-refractivity contribution < 1.29 is 23.9 Å². The Hall–Kier alpha value is -2.90. The summed E-state index contributed by atoms with van der Waals surface area (Å²) in [5, 5.41) is 9.38. The topological polar surface area (TPSA) is 104 Å². The molecule has 0 unspecified atom stereocenters. The standard InChI is InChI=1S/C33H49N3O5/c1-30(2,3)22-18-23(21-10-13-31(4,5)14-11-21)34-24-19-25(41-27(22)24)28(38)36-17-16-35(20-33(36,8)9)26(37)12-15-32(6,7)29(39)40/h18-19,21H,10-17,20H2,1-9H3,(H,39,40). The summed E-state index contributed by atoms with van der Waals surface area (Å²) in [6.45, 7) is 19.5. The van der Waals surface area contributed by atoms with Gasteiger partial charge in [0.2, 0.25) is 5.91 Å². The minimum absolute atomic E-state index is 0.0825. The van der Waals surface area contributed by atoms with Gasteiger partial charge in [-0.1, -0.05) is 34.6 Å². The Morgan fingerprint density at radius 3 is 2.22 bits per heavy atom. The Morgan fingerprint density at radius 1 is 1.02 bits per heavy atom. The van der Waals surface area contributed by atoms with Gasteiger partial charge in [0.05, 0.1) is 11.0 Å². The van der Waals surface area contributed by atoms with Crippen molar-refractivity contribution in [2.75, 3.05) is 19.6 Å². The first-order valence-electron chi connectivity index (χ1n) is 15.1. The van der Waals surface area contributed by atoms with Crippen LogP contribution in [0.1, 0.15) is 129 Å². The highest BCUT2D eigenvalue weighted by molar-refractivity contribution is 5.96. The summed E-state index contributed by atoms with van der Waals surface area (Å²) in [5.41, 5.74) is 2.18. The van der Waals surface area contributed by atoms with Gasteiger partial charge >= 0.3 is 5.97 Å². The zero-order chi connectivity index (χ0) is 30.5. The van der Waals surface area contributed by atoms with Crippen LogP contribution in [-0.2, 0) is 15.0 Å². The number of aromatic nitrogens is 1. The lowest BCUT2D eigenvalue weighted by Crippen LogP contribution is -2.62. The average molecular weight is 568 g/mol. The van der Waals surface area contributed by atoms with E-state index in [9.17, 15) is 19.5 Å². The first kappa shape index (κ1) is 31.0. The normalized spacial score (nSPS) is 19.9. The maximum atomic E-state index is 13.8. The number of furan rings is 1. The van der Waals surface area contributed by atoms with Gasteiger partial charge in [-0.05, 0) is 76.7 Å². The molecule has 2 aromatic heterocycles. The minimum atomic E-state index is -0.961. The van der Waals surface area contributed by atoms with E-state index in [0.717, 1.165) is 29.6 Å². The number of hydrogen-bond acceptors (Lipinski definition) is 5. The van der Waals surface area contributed by atoms with E-state index in [2.05, 4.69) is 40.7 Å². The average Bonchev–Trinajstić information content (AvgIpc) is 3.29. The van der Waals surface area contributed by atoms with Crippen molar-refractivity contribution in [3.63, 3.8) is 0 Å². The van der Waals surface area contributed by atoms with Crippen LogP contribution < -0.4 is 0 Å². The number of rotatable bonds is 6. The molecule has 4 rings (SSSR count). The minimum Gasteiger partial charge on any atom is -0.481 e. The van der Waals surface area contributed by atoms with Crippen molar-refractivity contribution in [2.45, 2.75) is 118 Å². The van der Waals surface area contributed by atoms with Crippen molar-refractivity contribution in [1.29, 1.82) is 0 Å². The van der Waals surface area contributed by atoms with Gasteiger partial charge in [-0.2, -0.15) is 0 Å². The predicted octanol–water partition coefficient (Wildman–Crippen LogP) is 6.76. The molecule has 0 bridgehead atoms. The second kappa shape index (κ2) is 10.7. The molecule has 1 aliphatic carbocycles. The van der Waals surface area contributed by atoms with Gasteiger partial charge in [0, 0.05) is 49.3 Å². The second-order valence-corrected chi connectivity index (χ2v) is 15.4. The molecule has 1 saturated heterocycles. The molecule has 8 nitrogen and oxygen atoms in total. The summed E-state index contributed by atoms with van der Waals surface area (Å²) in [6.07, 6.45) is 5.02. The van der Waals surface area contributed by atoms with Gasteiger partial charge in [-0.3, -0.25) is 14.4 Å². The maximum Gasteiger partial charge on any atom is 0.309 e. The number of aliphatic carboxylic acids is 1. The highest BCUT2D eigenvalue weighted by atomic mass is 16.4. The molecule has 2 aromatic rings. The number of carbonyl (C=O) groups is 3. The molecule has 2 amide bonds. The molecule has 8 heteroatoms. The lowest BCUT2D eigenvalue weighted by Gasteiger charge is -2.46. The Morgan fingerprint density at radius 2 is 1.66 bits per heavy atom. The number of amides is 2.